The molecule has 8 heteroatoms. The molecular weight excluding hydrogens is 344 g/mol. The second kappa shape index (κ2) is 6.91. The van der Waals surface area contributed by atoms with Crippen LogP contribution in [-0.2, 0) is 4.79 Å². The number of fused-ring (bicyclic) bond motifs is 1. The molecule has 1 aliphatic rings. The minimum Gasteiger partial charge on any atom is -0.495 e. The van der Waals surface area contributed by atoms with Crippen LogP contribution in [0.5, 0.6) is 5.75 Å². The lowest BCUT2D eigenvalue weighted by Crippen LogP contribution is -2.31. The van der Waals surface area contributed by atoms with Crippen LogP contribution in [0.3, 0.4) is 0 Å². The van der Waals surface area contributed by atoms with E-state index in [0.29, 0.717) is 28.7 Å². The number of nitrogens with zero attached hydrogens (tertiary/aromatic N) is 4. The maximum absolute atomic E-state index is 13.2. The molecule has 0 unspecified atom stereocenters. The van der Waals surface area contributed by atoms with E-state index in [4.69, 9.17) is 4.74 Å². The van der Waals surface area contributed by atoms with E-state index in [0.717, 1.165) is 5.56 Å². The van der Waals surface area contributed by atoms with Gasteiger partial charge in [0.15, 0.2) is 0 Å². The van der Waals surface area contributed by atoms with Gasteiger partial charge in [-0.3, -0.25) is 9.78 Å². The summed E-state index contributed by atoms with van der Waals surface area (Å²) in [5, 5.41) is 10.4. The number of benzene rings is 1. The maximum atomic E-state index is 13.2. The van der Waals surface area contributed by atoms with E-state index >= 15 is 0 Å². The monoisotopic (exact) mass is 362 g/mol. The lowest BCUT2D eigenvalue weighted by atomic mass is 9.96. The lowest BCUT2D eigenvalue weighted by Gasteiger charge is -2.28. The van der Waals surface area contributed by atoms with Crippen LogP contribution in [0.15, 0.2) is 66.4 Å². The summed E-state index contributed by atoms with van der Waals surface area (Å²) in [6.07, 6.45) is 4.85. The molecule has 1 atom stereocenters. The van der Waals surface area contributed by atoms with Gasteiger partial charge in [0, 0.05) is 18.1 Å². The second-order valence-electron chi connectivity index (χ2n) is 6.03. The normalized spacial score (nSPS) is 15.7. The van der Waals surface area contributed by atoms with E-state index in [9.17, 15) is 4.79 Å². The third kappa shape index (κ3) is 3.01. The zero-order valence-corrected chi connectivity index (χ0v) is 14.9. The molecule has 0 aliphatic carbocycles. The van der Waals surface area contributed by atoms with Crippen molar-refractivity contribution in [2.75, 3.05) is 17.7 Å². The molecule has 27 heavy (non-hydrogen) atoms. The number of hydrogen-bond donors (Lipinski definition) is 2. The van der Waals surface area contributed by atoms with Gasteiger partial charge in [0.1, 0.15) is 18.1 Å². The van der Waals surface area contributed by atoms with Gasteiger partial charge in [-0.1, -0.05) is 12.1 Å². The van der Waals surface area contributed by atoms with E-state index in [1.807, 2.05) is 31.2 Å². The predicted octanol–water partition coefficient (Wildman–Crippen LogP) is 2.61. The molecule has 0 saturated carbocycles. The predicted molar refractivity (Wildman–Crippen MR) is 100 cm³/mol. The molecule has 0 spiro atoms. The van der Waals surface area contributed by atoms with E-state index in [2.05, 4.69) is 25.7 Å². The number of nitrogens with one attached hydrogen (secondary N) is 2. The van der Waals surface area contributed by atoms with Crippen LogP contribution in [0, 0.1) is 0 Å². The summed E-state index contributed by atoms with van der Waals surface area (Å²) in [5.41, 5.74) is 2.75. The number of allylic oxidation sites excluding steroid dienone is 1. The summed E-state index contributed by atoms with van der Waals surface area (Å²) in [7, 11) is 1.57. The molecule has 1 aromatic carbocycles. The molecule has 4 rings (SSSR count). The number of anilines is 2. The first kappa shape index (κ1) is 16.8. The molecule has 0 bridgehead atoms. The number of carbonyl (C=O) groups is 1. The third-order valence-electron chi connectivity index (χ3n) is 4.42. The molecule has 2 aromatic heterocycles. The Kier molecular flexibility index (Phi) is 4.29. The van der Waals surface area contributed by atoms with Crippen molar-refractivity contribution in [3.05, 3.63) is 72.0 Å². The number of hydrogen-bond acceptors (Lipinski definition) is 6. The number of aromatic nitrogens is 4. The molecular formula is C19H18N6O2. The third-order valence-corrected chi connectivity index (χ3v) is 4.42. The SMILES string of the molecule is COc1ccccc1NC(=O)C1=C(C)Nc2ncnn2[C@H]1c1ccncc1. The van der Waals surface area contributed by atoms with Gasteiger partial charge < -0.3 is 15.4 Å². The van der Waals surface area contributed by atoms with Crippen LogP contribution >= 0.6 is 0 Å². The van der Waals surface area contributed by atoms with Gasteiger partial charge >= 0.3 is 0 Å². The van der Waals surface area contributed by atoms with E-state index in [1.165, 1.54) is 6.33 Å². The standard InChI is InChI=1S/C19H18N6O2/c1-12-16(18(26)24-14-5-3-4-6-15(14)27-2)17(13-7-9-20-10-8-13)25-19(23-12)21-11-22-25/h3-11,17H,1-2H3,(H,24,26)(H,21,22,23)/t17-/m0/s1. The number of para-hydroxylation sites is 2. The summed E-state index contributed by atoms with van der Waals surface area (Å²) >= 11 is 0. The fourth-order valence-corrected chi connectivity index (χ4v) is 3.18. The Hall–Kier alpha value is -3.68. The highest BCUT2D eigenvalue weighted by Gasteiger charge is 2.33. The molecule has 1 aliphatic heterocycles. The van der Waals surface area contributed by atoms with Crippen LogP contribution in [0.25, 0.3) is 0 Å². The number of ether oxygens (including phenoxy) is 1. The second-order valence-corrected chi connectivity index (χ2v) is 6.03. The van der Waals surface area contributed by atoms with Gasteiger partial charge in [0.05, 0.1) is 18.4 Å². The Morgan fingerprint density at radius 2 is 2.00 bits per heavy atom. The fraction of sp³-hybridized carbons (Fsp3) is 0.158. The van der Waals surface area contributed by atoms with Crippen molar-refractivity contribution in [2.45, 2.75) is 13.0 Å². The number of pyridine rings is 1. The number of carbonyl (C=O) groups excluding carboxylic acids is 1. The molecule has 0 radical (unpaired) electrons. The quantitative estimate of drug-likeness (QED) is 0.741. The summed E-state index contributed by atoms with van der Waals surface area (Å²) in [5.74, 6) is 0.936. The van der Waals surface area contributed by atoms with Crippen molar-refractivity contribution in [1.82, 2.24) is 19.7 Å². The number of methoxy groups -OCH3 is 1. The van der Waals surface area contributed by atoms with Gasteiger partial charge in [-0.2, -0.15) is 10.1 Å². The van der Waals surface area contributed by atoms with Gasteiger partial charge in [-0.05, 0) is 36.8 Å². The molecule has 0 saturated heterocycles. The van der Waals surface area contributed by atoms with Gasteiger partial charge in [0.25, 0.3) is 5.91 Å². The average molecular weight is 362 g/mol. The molecule has 1 amide bonds. The minimum absolute atomic E-state index is 0.243. The summed E-state index contributed by atoms with van der Waals surface area (Å²) in [4.78, 5) is 21.5. The zero-order valence-electron chi connectivity index (χ0n) is 14.9. The first-order valence-electron chi connectivity index (χ1n) is 8.40. The van der Waals surface area contributed by atoms with Gasteiger partial charge in [0.2, 0.25) is 5.95 Å². The molecule has 3 aromatic rings. The van der Waals surface area contributed by atoms with Crippen molar-refractivity contribution in [3.8, 4) is 5.75 Å². The number of rotatable bonds is 4. The highest BCUT2D eigenvalue weighted by atomic mass is 16.5. The summed E-state index contributed by atoms with van der Waals surface area (Å²) < 4.78 is 7.03. The first-order chi connectivity index (χ1) is 13.2. The van der Waals surface area contributed by atoms with Crippen molar-refractivity contribution < 1.29 is 9.53 Å². The van der Waals surface area contributed by atoms with E-state index in [1.54, 1.807) is 36.3 Å². The lowest BCUT2D eigenvalue weighted by molar-refractivity contribution is -0.113. The first-order valence-corrected chi connectivity index (χ1v) is 8.40. The van der Waals surface area contributed by atoms with Crippen molar-refractivity contribution in [2.24, 2.45) is 0 Å². The molecule has 136 valence electrons. The molecule has 3 heterocycles. The van der Waals surface area contributed by atoms with Crippen LogP contribution < -0.4 is 15.4 Å². The fourth-order valence-electron chi connectivity index (χ4n) is 3.18. The average Bonchev–Trinajstić information content (AvgIpc) is 3.15. The molecule has 2 N–H and O–H groups in total. The van der Waals surface area contributed by atoms with Crippen molar-refractivity contribution in [1.29, 1.82) is 0 Å². The van der Waals surface area contributed by atoms with Crippen LogP contribution in [0.1, 0.15) is 18.5 Å². The van der Waals surface area contributed by atoms with Crippen molar-refractivity contribution in [3.63, 3.8) is 0 Å². The Morgan fingerprint density at radius 3 is 2.78 bits per heavy atom. The highest BCUT2D eigenvalue weighted by molar-refractivity contribution is 6.06. The Balaban J connectivity index is 1.76. The topological polar surface area (TPSA) is 94.0 Å². The van der Waals surface area contributed by atoms with E-state index in [-0.39, 0.29) is 5.91 Å². The van der Waals surface area contributed by atoms with Crippen LogP contribution in [0.2, 0.25) is 0 Å². The highest BCUT2D eigenvalue weighted by Crippen LogP contribution is 2.35. The Labute approximate surface area is 155 Å². The smallest absolute Gasteiger partial charge is 0.255 e. The maximum Gasteiger partial charge on any atom is 0.255 e. The molecule has 0 fully saturated rings. The Bertz CT molecular complexity index is 1010. The largest absolute Gasteiger partial charge is 0.495 e. The number of amides is 1. The van der Waals surface area contributed by atoms with Gasteiger partial charge in [-0.25, -0.2) is 4.68 Å². The minimum atomic E-state index is -0.415. The zero-order chi connectivity index (χ0) is 18.8. The summed E-state index contributed by atoms with van der Waals surface area (Å²) in [6, 6.07) is 10.6. The molecule has 8 nitrogen and oxygen atoms in total. The van der Waals surface area contributed by atoms with Crippen LogP contribution in [-0.4, -0.2) is 32.8 Å². The Morgan fingerprint density at radius 1 is 1.22 bits per heavy atom. The van der Waals surface area contributed by atoms with Crippen LogP contribution in [0.4, 0.5) is 11.6 Å². The summed E-state index contributed by atoms with van der Waals surface area (Å²) in [6.45, 7) is 1.85. The van der Waals surface area contributed by atoms with Crippen molar-refractivity contribution >= 4 is 17.5 Å². The van der Waals surface area contributed by atoms with Gasteiger partial charge in [-0.15, -0.1) is 0 Å². The van der Waals surface area contributed by atoms with E-state index < -0.39 is 6.04 Å².